The smallest absolute Gasteiger partial charge is 0.306 e. The summed E-state index contributed by atoms with van der Waals surface area (Å²) >= 11 is 0. The normalized spacial score (nSPS) is 12.1. The van der Waals surface area contributed by atoms with Crippen LogP contribution < -0.4 is 5.73 Å². The van der Waals surface area contributed by atoms with E-state index >= 15 is 0 Å². The van der Waals surface area contributed by atoms with Crippen LogP contribution in [0.25, 0.3) is 0 Å². The van der Waals surface area contributed by atoms with Crippen molar-refractivity contribution in [3.05, 3.63) is 24.3 Å². The Bertz CT molecular complexity index is 289. The van der Waals surface area contributed by atoms with E-state index in [9.17, 15) is 4.79 Å². The van der Waals surface area contributed by atoms with Gasteiger partial charge in [-0.2, -0.15) is 0 Å². The molecule has 0 saturated heterocycles. The largest absolute Gasteiger partial charge is 0.469 e. The molecular formula is C9H13N3O2. The number of hydrogen-bond acceptors (Lipinski definition) is 5. The van der Waals surface area contributed by atoms with Gasteiger partial charge in [0.25, 0.3) is 0 Å². The van der Waals surface area contributed by atoms with Crippen molar-refractivity contribution in [2.75, 3.05) is 13.7 Å². The average molecular weight is 195 g/mol. The molecule has 1 unspecified atom stereocenters. The minimum absolute atomic E-state index is 0.0922. The summed E-state index contributed by atoms with van der Waals surface area (Å²) in [5, 5.41) is 0. The lowest BCUT2D eigenvalue weighted by Gasteiger charge is -2.11. The van der Waals surface area contributed by atoms with Gasteiger partial charge in [-0.1, -0.05) is 0 Å². The van der Waals surface area contributed by atoms with E-state index in [4.69, 9.17) is 5.73 Å². The van der Waals surface area contributed by atoms with Crippen molar-refractivity contribution in [1.82, 2.24) is 9.97 Å². The summed E-state index contributed by atoms with van der Waals surface area (Å²) in [4.78, 5) is 18.9. The third-order valence-electron chi connectivity index (χ3n) is 1.95. The van der Waals surface area contributed by atoms with Crippen LogP contribution in [0.5, 0.6) is 0 Å². The Hall–Kier alpha value is -1.49. The van der Waals surface area contributed by atoms with Gasteiger partial charge in [-0.15, -0.1) is 0 Å². The molecule has 0 amide bonds. The lowest BCUT2D eigenvalue weighted by molar-refractivity contribution is -0.141. The third-order valence-corrected chi connectivity index (χ3v) is 1.95. The van der Waals surface area contributed by atoms with Crippen LogP contribution in [0, 0.1) is 0 Å². The summed E-state index contributed by atoms with van der Waals surface area (Å²) in [6, 6.07) is 1.75. The fourth-order valence-electron chi connectivity index (χ4n) is 1.14. The number of nitrogens with zero attached hydrogens (tertiary/aromatic N) is 2. The highest BCUT2D eigenvalue weighted by atomic mass is 16.5. The summed E-state index contributed by atoms with van der Waals surface area (Å²) in [6.45, 7) is 0.367. The lowest BCUT2D eigenvalue weighted by Crippen LogP contribution is -2.18. The number of carbonyl (C=O) groups excluding carboxylic acids is 1. The highest BCUT2D eigenvalue weighted by Gasteiger charge is 2.15. The molecule has 1 rings (SSSR count). The quantitative estimate of drug-likeness (QED) is 0.688. The second-order valence-electron chi connectivity index (χ2n) is 2.85. The zero-order valence-corrected chi connectivity index (χ0v) is 8.01. The average Bonchev–Trinajstić information content (AvgIpc) is 2.26. The molecule has 0 aliphatic heterocycles. The van der Waals surface area contributed by atoms with Gasteiger partial charge in [0, 0.05) is 24.4 Å². The van der Waals surface area contributed by atoms with Crippen LogP contribution in [0.1, 0.15) is 18.0 Å². The molecule has 5 heteroatoms. The van der Waals surface area contributed by atoms with E-state index in [1.165, 1.54) is 13.4 Å². The number of carbonyl (C=O) groups is 1. The van der Waals surface area contributed by atoms with Crippen LogP contribution in [0.15, 0.2) is 18.6 Å². The monoisotopic (exact) mass is 195 g/mol. The Morgan fingerprint density at radius 1 is 1.71 bits per heavy atom. The molecule has 0 aromatic carbocycles. The van der Waals surface area contributed by atoms with Gasteiger partial charge in [0.1, 0.15) is 6.33 Å². The Labute approximate surface area is 82.3 Å². The molecule has 1 aromatic heterocycles. The molecule has 1 atom stereocenters. The van der Waals surface area contributed by atoms with Gasteiger partial charge < -0.3 is 10.5 Å². The molecule has 0 saturated carbocycles. The molecule has 0 bridgehead atoms. The van der Waals surface area contributed by atoms with Gasteiger partial charge in [0.05, 0.1) is 13.5 Å². The maximum Gasteiger partial charge on any atom is 0.306 e. The van der Waals surface area contributed by atoms with E-state index in [0.717, 1.165) is 5.69 Å². The van der Waals surface area contributed by atoms with Crippen molar-refractivity contribution in [2.45, 2.75) is 12.3 Å². The van der Waals surface area contributed by atoms with Crippen molar-refractivity contribution >= 4 is 5.97 Å². The summed E-state index contributed by atoms with van der Waals surface area (Å²) in [6.07, 6.45) is 3.32. The molecule has 76 valence electrons. The molecule has 2 N–H and O–H groups in total. The van der Waals surface area contributed by atoms with Gasteiger partial charge in [0.15, 0.2) is 0 Å². The van der Waals surface area contributed by atoms with E-state index in [-0.39, 0.29) is 18.3 Å². The van der Waals surface area contributed by atoms with E-state index in [1.807, 2.05) is 0 Å². The number of aromatic nitrogens is 2. The van der Waals surface area contributed by atoms with Crippen LogP contribution in [0.3, 0.4) is 0 Å². The van der Waals surface area contributed by atoms with E-state index in [0.29, 0.717) is 6.54 Å². The van der Waals surface area contributed by atoms with E-state index in [1.54, 1.807) is 12.3 Å². The standard InChI is InChI=1S/C9H13N3O2/c1-14-9(13)4-7(5-10)8-2-3-11-6-12-8/h2-3,6-7H,4-5,10H2,1H3. The van der Waals surface area contributed by atoms with Crippen molar-refractivity contribution in [3.8, 4) is 0 Å². The zero-order valence-electron chi connectivity index (χ0n) is 8.01. The van der Waals surface area contributed by atoms with E-state index < -0.39 is 0 Å². The highest BCUT2D eigenvalue weighted by molar-refractivity contribution is 5.70. The first-order valence-electron chi connectivity index (χ1n) is 4.30. The van der Waals surface area contributed by atoms with Crippen molar-refractivity contribution in [3.63, 3.8) is 0 Å². The van der Waals surface area contributed by atoms with Gasteiger partial charge in [0.2, 0.25) is 0 Å². The predicted molar refractivity (Wildman–Crippen MR) is 50.5 cm³/mol. The molecule has 5 nitrogen and oxygen atoms in total. The number of nitrogens with two attached hydrogens (primary N) is 1. The van der Waals surface area contributed by atoms with Crippen LogP contribution in [-0.4, -0.2) is 29.6 Å². The number of esters is 1. The maximum atomic E-state index is 11.0. The van der Waals surface area contributed by atoms with Crippen molar-refractivity contribution in [1.29, 1.82) is 0 Å². The molecule has 1 heterocycles. The summed E-state index contributed by atoms with van der Waals surface area (Å²) in [5.41, 5.74) is 6.31. The number of hydrogen-bond donors (Lipinski definition) is 1. The lowest BCUT2D eigenvalue weighted by atomic mass is 10.0. The minimum Gasteiger partial charge on any atom is -0.469 e. The van der Waals surface area contributed by atoms with Crippen molar-refractivity contribution in [2.24, 2.45) is 5.73 Å². The topological polar surface area (TPSA) is 78.1 Å². The van der Waals surface area contributed by atoms with Crippen LogP contribution in [-0.2, 0) is 9.53 Å². The molecular weight excluding hydrogens is 182 g/mol. The molecule has 0 fully saturated rings. The first-order chi connectivity index (χ1) is 6.77. The Kier molecular flexibility index (Phi) is 4.00. The second-order valence-corrected chi connectivity index (χ2v) is 2.85. The highest BCUT2D eigenvalue weighted by Crippen LogP contribution is 2.15. The molecule has 0 aliphatic rings. The molecule has 0 spiro atoms. The fraction of sp³-hybridized carbons (Fsp3) is 0.444. The summed E-state index contributed by atoms with van der Waals surface area (Å²) < 4.78 is 4.57. The minimum atomic E-state index is -0.279. The maximum absolute atomic E-state index is 11.0. The molecule has 0 aliphatic carbocycles. The molecule has 14 heavy (non-hydrogen) atoms. The summed E-state index contributed by atoms with van der Waals surface area (Å²) in [5.74, 6) is -0.371. The van der Waals surface area contributed by atoms with Gasteiger partial charge >= 0.3 is 5.97 Å². The van der Waals surface area contributed by atoms with Gasteiger partial charge in [-0.25, -0.2) is 9.97 Å². The first-order valence-corrected chi connectivity index (χ1v) is 4.30. The SMILES string of the molecule is COC(=O)CC(CN)c1ccncn1. The van der Waals surface area contributed by atoms with Gasteiger partial charge in [-0.3, -0.25) is 4.79 Å². The Morgan fingerprint density at radius 2 is 2.50 bits per heavy atom. The number of methoxy groups -OCH3 is 1. The van der Waals surface area contributed by atoms with E-state index in [2.05, 4.69) is 14.7 Å². The summed E-state index contributed by atoms with van der Waals surface area (Å²) in [7, 11) is 1.36. The molecule has 0 radical (unpaired) electrons. The zero-order chi connectivity index (χ0) is 10.4. The Morgan fingerprint density at radius 3 is 3.00 bits per heavy atom. The molecule has 1 aromatic rings. The number of rotatable bonds is 4. The van der Waals surface area contributed by atoms with Crippen LogP contribution >= 0.6 is 0 Å². The predicted octanol–water partition coefficient (Wildman–Crippen LogP) is 0.0820. The van der Waals surface area contributed by atoms with Crippen LogP contribution in [0.4, 0.5) is 0 Å². The Balaban J connectivity index is 2.68. The van der Waals surface area contributed by atoms with Crippen molar-refractivity contribution < 1.29 is 9.53 Å². The van der Waals surface area contributed by atoms with Gasteiger partial charge in [-0.05, 0) is 6.07 Å². The number of ether oxygens (including phenoxy) is 1. The second kappa shape index (κ2) is 5.29. The fourth-order valence-corrected chi connectivity index (χ4v) is 1.14. The first kappa shape index (κ1) is 10.6. The van der Waals surface area contributed by atoms with Crippen LogP contribution in [0.2, 0.25) is 0 Å². The third kappa shape index (κ3) is 2.77.